The number of benzene rings is 1. The van der Waals surface area contributed by atoms with Crippen LogP contribution in [0.4, 0.5) is 5.69 Å². The van der Waals surface area contributed by atoms with Crippen LogP contribution < -0.4 is 5.32 Å². The zero-order chi connectivity index (χ0) is 15.6. The molecule has 1 amide bonds. The molecule has 0 saturated heterocycles. The Hall–Kier alpha value is -1.63. The fourth-order valence-corrected chi connectivity index (χ4v) is 2.29. The summed E-state index contributed by atoms with van der Waals surface area (Å²) in [6, 6.07) is 5.85. The summed E-state index contributed by atoms with van der Waals surface area (Å²) in [5.74, 6) is -1.63. The van der Waals surface area contributed by atoms with Crippen molar-refractivity contribution in [3.8, 4) is 0 Å². The number of rotatable bonds is 3. The minimum Gasteiger partial charge on any atom is -0.477 e. The number of aromatic nitrogens is 1. The number of nitrogens with one attached hydrogen (secondary N) is 1. The molecule has 2 aromatic rings. The number of aromatic carboxylic acids is 1. The van der Waals surface area contributed by atoms with E-state index in [0.717, 1.165) is 0 Å². The predicted octanol–water partition coefficient (Wildman–Crippen LogP) is 4.10. The zero-order valence-corrected chi connectivity index (χ0v) is 13.3. The molecule has 1 aromatic carbocycles. The molecule has 0 aliphatic heterocycles. The highest BCUT2D eigenvalue weighted by Crippen LogP contribution is 2.35. The van der Waals surface area contributed by atoms with Crippen molar-refractivity contribution in [2.45, 2.75) is 0 Å². The minimum atomic E-state index is -1.16. The lowest BCUT2D eigenvalue weighted by Crippen LogP contribution is -2.13. The number of halogens is 3. The van der Waals surface area contributed by atoms with E-state index in [4.69, 9.17) is 28.3 Å². The molecule has 0 fully saturated rings. The van der Waals surface area contributed by atoms with Crippen LogP contribution in [0.1, 0.15) is 20.8 Å². The molecular weight excluding hydrogens is 383 g/mol. The van der Waals surface area contributed by atoms with Crippen LogP contribution in [0.5, 0.6) is 0 Å². The van der Waals surface area contributed by atoms with E-state index in [1.54, 1.807) is 12.1 Å². The highest BCUT2D eigenvalue weighted by Gasteiger charge is 2.13. The number of amides is 1. The van der Waals surface area contributed by atoms with Crippen LogP contribution in [0.15, 0.2) is 34.9 Å². The summed E-state index contributed by atoms with van der Waals surface area (Å²) >= 11 is 15.2. The topological polar surface area (TPSA) is 79.3 Å². The number of carboxylic acid groups (broad SMARTS) is 1. The Morgan fingerprint density at radius 2 is 1.86 bits per heavy atom. The van der Waals surface area contributed by atoms with Crippen LogP contribution >= 0.6 is 39.1 Å². The highest BCUT2D eigenvalue weighted by molar-refractivity contribution is 9.10. The molecule has 0 unspecified atom stereocenters. The smallest absolute Gasteiger partial charge is 0.354 e. The van der Waals surface area contributed by atoms with E-state index in [0.29, 0.717) is 10.2 Å². The van der Waals surface area contributed by atoms with Crippen molar-refractivity contribution in [2.24, 2.45) is 0 Å². The Labute approximate surface area is 138 Å². The van der Waals surface area contributed by atoms with E-state index in [1.165, 1.54) is 18.3 Å². The van der Waals surface area contributed by atoms with E-state index in [2.05, 4.69) is 26.2 Å². The van der Waals surface area contributed by atoms with Crippen LogP contribution in [-0.2, 0) is 0 Å². The fraction of sp³-hybridized carbons (Fsp3) is 0. The summed E-state index contributed by atoms with van der Waals surface area (Å²) in [6.07, 6.45) is 1.17. The van der Waals surface area contributed by atoms with Crippen LogP contribution in [-0.4, -0.2) is 22.0 Å². The van der Waals surface area contributed by atoms with Crippen LogP contribution in [0, 0.1) is 0 Å². The maximum absolute atomic E-state index is 12.0. The highest BCUT2D eigenvalue weighted by atomic mass is 79.9. The molecule has 5 nitrogen and oxygen atoms in total. The Balaban J connectivity index is 2.22. The third kappa shape index (κ3) is 3.53. The fourth-order valence-electron chi connectivity index (χ4n) is 1.47. The van der Waals surface area contributed by atoms with E-state index in [-0.39, 0.29) is 21.3 Å². The molecular formula is C13H7BrCl2N2O3. The number of carboxylic acids is 1. The van der Waals surface area contributed by atoms with Gasteiger partial charge in [-0.1, -0.05) is 23.2 Å². The Kier molecular flexibility index (Phi) is 4.82. The second-order valence-electron chi connectivity index (χ2n) is 3.91. The second-order valence-corrected chi connectivity index (χ2v) is 5.52. The number of anilines is 1. The molecule has 21 heavy (non-hydrogen) atoms. The molecule has 2 N–H and O–H groups in total. The van der Waals surface area contributed by atoms with Crippen molar-refractivity contribution >= 4 is 56.7 Å². The summed E-state index contributed by atoms with van der Waals surface area (Å²) in [5, 5.41) is 11.8. The van der Waals surface area contributed by atoms with Gasteiger partial charge in [-0.15, -0.1) is 0 Å². The normalized spacial score (nSPS) is 10.2. The van der Waals surface area contributed by atoms with Crippen molar-refractivity contribution in [1.82, 2.24) is 4.98 Å². The van der Waals surface area contributed by atoms with Crippen LogP contribution in [0.25, 0.3) is 0 Å². The van der Waals surface area contributed by atoms with E-state index < -0.39 is 11.9 Å². The first-order valence-electron chi connectivity index (χ1n) is 5.54. The van der Waals surface area contributed by atoms with E-state index in [9.17, 15) is 9.59 Å². The lowest BCUT2D eigenvalue weighted by molar-refractivity contribution is 0.0690. The summed E-state index contributed by atoms with van der Waals surface area (Å²) < 4.78 is 0.611. The van der Waals surface area contributed by atoms with E-state index in [1.807, 2.05) is 0 Å². The third-order valence-corrected chi connectivity index (χ3v) is 4.30. The van der Waals surface area contributed by atoms with Crippen LogP contribution in [0.3, 0.4) is 0 Å². The van der Waals surface area contributed by atoms with E-state index >= 15 is 0 Å². The van der Waals surface area contributed by atoms with Crippen molar-refractivity contribution < 1.29 is 14.7 Å². The lowest BCUT2D eigenvalue weighted by atomic mass is 10.2. The van der Waals surface area contributed by atoms with Crippen LogP contribution in [0.2, 0.25) is 10.0 Å². The maximum Gasteiger partial charge on any atom is 0.354 e. The molecule has 0 spiro atoms. The summed E-state index contributed by atoms with van der Waals surface area (Å²) in [7, 11) is 0. The average Bonchev–Trinajstić information content (AvgIpc) is 2.48. The first kappa shape index (κ1) is 15.8. The van der Waals surface area contributed by atoms with Crippen molar-refractivity contribution in [1.29, 1.82) is 0 Å². The average molecular weight is 390 g/mol. The molecule has 0 radical (unpaired) electrons. The molecule has 8 heteroatoms. The number of hydrogen-bond acceptors (Lipinski definition) is 3. The summed E-state index contributed by atoms with van der Waals surface area (Å²) in [4.78, 5) is 26.4. The first-order chi connectivity index (χ1) is 9.90. The summed E-state index contributed by atoms with van der Waals surface area (Å²) in [6.45, 7) is 0. The standard InChI is InChI=1S/C13H7BrCl2N2O3/c14-7-2-4-8(11(16)10(7)15)18-12(19)6-1-3-9(13(20)21)17-5-6/h1-5H,(H,18,19)(H,20,21). The summed E-state index contributed by atoms with van der Waals surface area (Å²) in [5.41, 5.74) is 0.406. The molecule has 2 rings (SSSR count). The van der Waals surface area contributed by atoms with Gasteiger partial charge in [0.05, 0.1) is 21.3 Å². The largest absolute Gasteiger partial charge is 0.477 e. The number of carbonyl (C=O) groups excluding carboxylic acids is 1. The third-order valence-electron chi connectivity index (χ3n) is 2.53. The molecule has 108 valence electrons. The predicted molar refractivity (Wildman–Crippen MR) is 83.3 cm³/mol. The van der Waals surface area contributed by atoms with Gasteiger partial charge in [0.1, 0.15) is 5.69 Å². The van der Waals surface area contributed by atoms with Gasteiger partial charge in [-0.2, -0.15) is 0 Å². The van der Waals surface area contributed by atoms with Crippen molar-refractivity contribution in [3.05, 3.63) is 56.2 Å². The monoisotopic (exact) mass is 388 g/mol. The van der Waals surface area contributed by atoms with Crippen molar-refractivity contribution in [3.63, 3.8) is 0 Å². The van der Waals surface area contributed by atoms with Gasteiger partial charge in [-0.3, -0.25) is 4.79 Å². The van der Waals surface area contributed by atoms with Gasteiger partial charge < -0.3 is 10.4 Å². The van der Waals surface area contributed by atoms with Crippen molar-refractivity contribution in [2.75, 3.05) is 5.32 Å². The Morgan fingerprint density at radius 3 is 2.43 bits per heavy atom. The Bertz CT molecular complexity index is 720. The molecule has 1 aromatic heterocycles. The minimum absolute atomic E-state index is 0.142. The molecule has 0 saturated carbocycles. The molecule has 0 aliphatic rings. The molecule has 1 heterocycles. The Morgan fingerprint density at radius 1 is 1.14 bits per heavy atom. The number of nitrogens with zero attached hydrogens (tertiary/aromatic N) is 1. The number of carbonyl (C=O) groups is 2. The number of pyridine rings is 1. The lowest BCUT2D eigenvalue weighted by Gasteiger charge is -2.09. The van der Waals surface area contributed by atoms with Gasteiger partial charge >= 0.3 is 5.97 Å². The SMILES string of the molecule is O=C(Nc1ccc(Br)c(Cl)c1Cl)c1ccc(C(=O)O)nc1. The van der Waals surface area contributed by atoms with Gasteiger partial charge in [-0.25, -0.2) is 9.78 Å². The zero-order valence-electron chi connectivity index (χ0n) is 10.2. The van der Waals surface area contributed by atoms with Gasteiger partial charge in [0, 0.05) is 10.7 Å². The maximum atomic E-state index is 12.0. The molecule has 0 aliphatic carbocycles. The molecule has 0 atom stereocenters. The first-order valence-corrected chi connectivity index (χ1v) is 7.09. The quantitative estimate of drug-likeness (QED) is 0.774. The number of hydrogen-bond donors (Lipinski definition) is 2. The molecule has 0 bridgehead atoms. The van der Waals surface area contributed by atoms with Gasteiger partial charge in [-0.05, 0) is 40.2 Å². The van der Waals surface area contributed by atoms with Gasteiger partial charge in [0.2, 0.25) is 0 Å². The second kappa shape index (κ2) is 6.43. The van der Waals surface area contributed by atoms with Gasteiger partial charge in [0.25, 0.3) is 5.91 Å². The van der Waals surface area contributed by atoms with Gasteiger partial charge in [0.15, 0.2) is 0 Å².